The fraction of sp³-hybridized carbons (Fsp3) is 0.206. The van der Waals surface area contributed by atoms with E-state index < -0.39 is 29.3 Å². The van der Waals surface area contributed by atoms with E-state index >= 15 is 0 Å². The number of halogens is 2. The molecular formula is C34H29F2N3O3. The van der Waals surface area contributed by atoms with Crippen molar-refractivity contribution < 1.29 is 23.1 Å². The Bertz CT molecular complexity index is 1690. The summed E-state index contributed by atoms with van der Waals surface area (Å²) in [6.07, 6.45) is 1.34. The fourth-order valence-corrected chi connectivity index (χ4v) is 5.22. The lowest BCUT2D eigenvalue weighted by atomic mass is 9.91. The number of nitrogens with one attached hydrogen (secondary N) is 1. The van der Waals surface area contributed by atoms with E-state index in [0.717, 1.165) is 16.7 Å². The normalized spacial score (nSPS) is 19.4. The van der Waals surface area contributed by atoms with E-state index in [-0.39, 0.29) is 30.0 Å². The molecule has 212 valence electrons. The Kier molecular flexibility index (Phi) is 8.14. The lowest BCUT2D eigenvalue weighted by Gasteiger charge is -2.24. The zero-order valence-corrected chi connectivity index (χ0v) is 23.0. The molecule has 5 rings (SSSR count). The molecule has 1 amide bonds. The van der Waals surface area contributed by atoms with Crippen molar-refractivity contribution in [3.63, 3.8) is 0 Å². The molecule has 0 saturated heterocycles. The first-order valence-electron chi connectivity index (χ1n) is 13.6. The van der Waals surface area contributed by atoms with E-state index in [1.54, 1.807) is 43.3 Å². The lowest BCUT2D eigenvalue weighted by molar-refractivity contribution is -0.150. The molecule has 0 fully saturated rings. The van der Waals surface area contributed by atoms with E-state index in [2.05, 4.69) is 5.32 Å². The number of hydrogen-bond acceptors (Lipinski definition) is 5. The standard InChI is InChI=1S/C34H29F2N3O3/c1-34(38)18-22-5-2-4-21(14-22)8-13-31(24-9-11-27(35)12-10-24)39-32(40)26-16-23(20-42-33(34)41)15-25(17-26)28-6-3-7-30(36)29(28)19-37/h2-7,9-12,14-17,31H,8,13,18,20,38H2,1H3,(H,39,40)/t31-,34-/m1/s1. The van der Waals surface area contributed by atoms with Crippen molar-refractivity contribution >= 4 is 11.9 Å². The number of ether oxygens (including phenoxy) is 1. The Balaban J connectivity index is 1.60. The number of fused-ring (bicyclic) bond motifs is 4. The minimum absolute atomic E-state index is 0.167. The molecule has 1 aliphatic heterocycles. The molecule has 42 heavy (non-hydrogen) atoms. The quantitative estimate of drug-likeness (QED) is 0.294. The molecule has 6 nitrogen and oxygen atoms in total. The second-order valence-corrected chi connectivity index (χ2v) is 10.8. The molecule has 0 aliphatic carbocycles. The lowest BCUT2D eigenvalue weighted by Crippen LogP contribution is -2.48. The van der Waals surface area contributed by atoms with Crippen molar-refractivity contribution in [1.82, 2.24) is 5.32 Å². The van der Waals surface area contributed by atoms with Gasteiger partial charge in [0.2, 0.25) is 0 Å². The molecule has 4 aromatic carbocycles. The summed E-state index contributed by atoms with van der Waals surface area (Å²) in [7, 11) is 0. The van der Waals surface area contributed by atoms with Crippen LogP contribution in [0, 0.1) is 23.0 Å². The van der Waals surface area contributed by atoms with Crippen molar-refractivity contribution in [2.45, 2.75) is 44.4 Å². The highest BCUT2D eigenvalue weighted by Gasteiger charge is 2.31. The monoisotopic (exact) mass is 565 g/mol. The summed E-state index contributed by atoms with van der Waals surface area (Å²) < 4.78 is 33.8. The summed E-state index contributed by atoms with van der Waals surface area (Å²) in [5.74, 6) is -2.12. The smallest absolute Gasteiger partial charge is 0.326 e. The largest absolute Gasteiger partial charge is 0.459 e. The Morgan fingerprint density at radius 1 is 0.929 bits per heavy atom. The van der Waals surface area contributed by atoms with Crippen LogP contribution in [0.3, 0.4) is 0 Å². The van der Waals surface area contributed by atoms with Gasteiger partial charge in [0.1, 0.15) is 29.8 Å². The topological polar surface area (TPSA) is 105 Å². The summed E-state index contributed by atoms with van der Waals surface area (Å²) in [5.41, 5.74) is 8.91. The van der Waals surface area contributed by atoms with Crippen LogP contribution in [0.15, 0.2) is 84.9 Å². The Morgan fingerprint density at radius 2 is 1.64 bits per heavy atom. The van der Waals surface area contributed by atoms with Crippen LogP contribution >= 0.6 is 0 Å². The van der Waals surface area contributed by atoms with Gasteiger partial charge in [-0.25, -0.2) is 8.78 Å². The van der Waals surface area contributed by atoms with Gasteiger partial charge in [-0.2, -0.15) is 5.26 Å². The first-order chi connectivity index (χ1) is 20.1. The first-order valence-corrected chi connectivity index (χ1v) is 13.6. The summed E-state index contributed by atoms with van der Waals surface area (Å²) in [5, 5.41) is 12.7. The van der Waals surface area contributed by atoms with E-state index in [4.69, 9.17) is 10.5 Å². The van der Waals surface area contributed by atoms with Crippen molar-refractivity contribution in [2.24, 2.45) is 5.73 Å². The number of nitrogens with zero attached hydrogens (tertiary/aromatic N) is 1. The minimum Gasteiger partial charge on any atom is -0.459 e. The van der Waals surface area contributed by atoms with Gasteiger partial charge in [-0.15, -0.1) is 0 Å². The van der Waals surface area contributed by atoms with Crippen LogP contribution in [-0.2, 0) is 29.0 Å². The number of benzene rings is 4. The number of carbonyl (C=O) groups excluding carboxylic acids is 2. The van der Waals surface area contributed by atoms with Crippen LogP contribution in [0.5, 0.6) is 0 Å². The zero-order chi connectivity index (χ0) is 29.9. The van der Waals surface area contributed by atoms with Gasteiger partial charge in [0.05, 0.1) is 11.6 Å². The van der Waals surface area contributed by atoms with Crippen molar-refractivity contribution in [3.8, 4) is 17.2 Å². The molecule has 8 heteroatoms. The van der Waals surface area contributed by atoms with Crippen LogP contribution < -0.4 is 11.1 Å². The third-order valence-electron chi connectivity index (χ3n) is 7.39. The summed E-state index contributed by atoms with van der Waals surface area (Å²) >= 11 is 0. The molecule has 0 spiro atoms. The van der Waals surface area contributed by atoms with Gasteiger partial charge >= 0.3 is 5.97 Å². The SMILES string of the molecule is C[C@@]1(N)Cc2cccc(c2)CC[C@H](c2ccc(F)cc2)NC(=O)c2cc(cc(-c3cccc(F)c3C#N)c2)COC1=O. The molecule has 0 unspecified atom stereocenters. The Labute approximate surface area is 242 Å². The number of nitrogens with two attached hydrogens (primary N) is 1. The molecule has 1 heterocycles. The highest BCUT2D eigenvalue weighted by atomic mass is 19.1. The number of amides is 1. The number of aryl methyl sites for hydroxylation is 1. The van der Waals surface area contributed by atoms with E-state index in [1.165, 1.54) is 24.3 Å². The number of cyclic esters (lactones) is 1. The number of nitriles is 1. The van der Waals surface area contributed by atoms with Gasteiger partial charge in [0.15, 0.2) is 0 Å². The fourth-order valence-electron chi connectivity index (χ4n) is 5.22. The van der Waals surface area contributed by atoms with Gasteiger partial charge in [-0.1, -0.05) is 48.5 Å². The van der Waals surface area contributed by atoms with Gasteiger partial charge in [-0.3, -0.25) is 9.59 Å². The number of rotatable bonds is 2. The molecular weight excluding hydrogens is 536 g/mol. The molecule has 0 radical (unpaired) electrons. The third-order valence-corrected chi connectivity index (χ3v) is 7.39. The highest BCUT2D eigenvalue weighted by molar-refractivity contribution is 5.96. The van der Waals surface area contributed by atoms with Gasteiger partial charge in [0, 0.05) is 17.5 Å². The molecule has 1 aliphatic rings. The zero-order valence-electron chi connectivity index (χ0n) is 23.0. The highest BCUT2D eigenvalue weighted by Crippen LogP contribution is 2.29. The maximum Gasteiger partial charge on any atom is 0.326 e. The van der Waals surface area contributed by atoms with Crippen molar-refractivity contribution in [2.75, 3.05) is 0 Å². The molecule has 0 aromatic heterocycles. The Morgan fingerprint density at radius 3 is 2.40 bits per heavy atom. The molecule has 2 atom stereocenters. The number of esters is 1. The van der Waals surface area contributed by atoms with Crippen LogP contribution in [-0.4, -0.2) is 17.4 Å². The number of hydrogen-bond donors (Lipinski definition) is 2. The Hall–Kier alpha value is -4.87. The van der Waals surface area contributed by atoms with Gasteiger partial charge in [-0.05, 0) is 84.0 Å². The maximum atomic E-state index is 14.5. The van der Waals surface area contributed by atoms with E-state index in [0.29, 0.717) is 29.5 Å². The predicted molar refractivity (Wildman–Crippen MR) is 154 cm³/mol. The predicted octanol–water partition coefficient (Wildman–Crippen LogP) is 5.92. The second-order valence-electron chi connectivity index (χ2n) is 10.8. The van der Waals surface area contributed by atoms with Crippen LogP contribution in [0.2, 0.25) is 0 Å². The minimum atomic E-state index is -1.32. The van der Waals surface area contributed by atoms with Crippen LogP contribution in [0.4, 0.5) is 8.78 Å². The third kappa shape index (κ3) is 6.37. The molecule has 3 N–H and O–H groups in total. The second kappa shape index (κ2) is 11.9. The molecule has 4 bridgehead atoms. The average molecular weight is 566 g/mol. The van der Waals surface area contributed by atoms with Gasteiger partial charge in [0.25, 0.3) is 5.91 Å². The maximum absolute atomic E-state index is 14.5. The summed E-state index contributed by atoms with van der Waals surface area (Å²) in [6.45, 7) is 1.41. The summed E-state index contributed by atoms with van der Waals surface area (Å²) in [4.78, 5) is 26.8. The van der Waals surface area contributed by atoms with E-state index in [1.807, 2.05) is 30.3 Å². The van der Waals surface area contributed by atoms with Crippen LogP contribution in [0.1, 0.15) is 57.6 Å². The molecule has 0 saturated carbocycles. The summed E-state index contributed by atoms with van der Waals surface area (Å²) in [6, 6.07) is 24.2. The number of carbonyl (C=O) groups is 2. The van der Waals surface area contributed by atoms with Gasteiger partial charge < -0.3 is 15.8 Å². The first kappa shape index (κ1) is 28.7. The van der Waals surface area contributed by atoms with Crippen LogP contribution in [0.25, 0.3) is 11.1 Å². The molecule has 4 aromatic rings. The van der Waals surface area contributed by atoms with E-state index in [9.17, 15) is 23.6 Å². The average Bonchev–Trinajstić information content (AvgIpc) is 2.97. The van der Waals surface area contributed by atoms with Crippen molar-refractivity contribution in [3.05, 3.63) is 130 Å². The van der Waals surface area contributed by atoms with Crippen molar-refractivity contribution in [1.29, 1.82) is 5.26 Å².